The summed E-state index contributed by atoms with van der Waals surface area (Å²) in [5, 5.41) is 7.58. The van der Waals surface area contributed by atoms with Crippen molar-refractivity contribution in [3.63, 3.8) is 0 Å². The van der Waals surface area contributed by atoms with Crippen molar-refractivity contribution in [3.8, 4) is 0 Å². The number of aryl methyl sites for hydroxylation is 2. The molecule has 1 aliphatic rings. The SMILES string of the molecule is CCn1nc(C)c(Cl)c1C(=O)NC1CC1. The van der Waals surface area contributed by atoms with Crippen molar-refractivity contribution >= 4 is 17.5 Å². The van der Waals surface area contributed by atoms with Crippen LogP contribution in [-0.4, -0.2) is 21.7 Å². The molecular formula is C10H14ClN3O. The second-order valence-electron chi connectivity index (χ2n) is 3.81. The molecule has 82 valence electrons. The van der Waals surface area contributed by atoms with Crippen molar-refractivity contribution in [2.75, 3.05) is 0 Å². The maximum Gasteiger partial charge on any atom is 0.271 e. The van der Waals surface area contributed by atoms with Gasteiger partial charge in [-0.05, 0) is 26.7 Å². The number of carbonyl (C=O) groups excluding carboxylic acids is 1. The van der Waals surface area contributed by atoms with Gasteiger partial charge >= 0.3 is 0 Å². The summed E-state index contributed by atoms with van der Waals surface area (Å²) in [7, 11) is 0. The van der Waals surface area contributed by atoms with Crippen molar-refractivity contribution in [1.82, 2.24) is 15.1 Å². The molecule has 1 saturated carbocycles. The van der Waals surface area contributed by atoms with Gasteiger partial charge < -0.3 is 5.32 Å². The first-order valence-electron chi connectivity index (χ1n) is 5.17. The fourth-order valence-corrected chi connectivity index (χ4v) is 1.71. The van der Waals surface area contributed by atoms with Crippen LogP contribution in [0, 0.1) is 6.92 Å². The van der Waals surface area contributed by atoms with E-state index < -0.39 is 0 Å². The molecule has 0 aromatic carbocycles. The first-order chi connectivity index (χ1) is 7.13. The Labute approximate surface area is 93.6 Å². The Balaban J connectivity index is 2.27. The molecule has 2 rings (SSSR count). The van der Waals surface area contributed by atoms with Crippen molar-refractivity contribution < 1.29 is 4.79 Å². The van der Waals surface area contributed by atoms with Gasteiger partial charge in [-0.2, -0.15) is 5.10 Å². The number of aromatic nitrogens is 2. The Morgan fingerprint density at radius 3 is 2.87 bits per heavy atom. The van der Waals surface area contributed by atoms with E-state index in [2.05, 4.69) is 10.4 Å². The highest BCUT2D eigenvalue weighted by Gasteiger charge is 2.27. The highest BCUT2D eigenvalue weighted by atomic mass is 35.5. The Hall–Kier alpha value is -1.03. The van der Waals surface area contributed by atoms with Crippen LogP contribution in [0.2, 0.25) is 5.02 Å². The summed E-state index contributed by atoms with van der Waals surface area (Å²) in [4.78, 5) is 11.9. The van der Waals surface area contributed by atoms with Gasteiger partial charge in [0, 0.05) is 12.6 Å². The number of halogens is 1. The fourth-order valence-electron chi connectivity index (χ4n) is 1.49. The number of rotatable bonds is 3. The number of hydrogen-bond acceptors (Lipinski definition) is 2. The van der Waals surface area contributed by atoms with Gasteiger partial charge in [-0.1, -0.05) is 11.6 Å². The predicted octanol–water partition coefficient (Wildman–Crippen LogP) is 1.76. The zero-order valence-electron chi connectivity index (χ0n) is 8.88. The highest BCUT2D eigenvalue weighted by Crippen LogP contribution is 2.23. The molecule has 0 unspecified atom stereocenters. The van der Waals surface area contributed by atoms with Crippen LogP contribution in [0.15, 0.2) is 0 Å². The van der Waals surface area contributed by atoms with E-state index in [4.69, 9.17) is 11.6 Å². The molecule has 0 spiro atoms. The number of amides is 1. The average Bonchev–Trinajstić information content (AvgIpc) is 2.95. The molecule has 1 amide bonds. The van der Waals surface area contributed by atoms with Crippen LogP contribution >= 0.6 is 11.6 Å². The van der Waals surface area contributed by atoms with E-state index in [1.807, 2.05) is 13.8 Å². The van der Waals surface area contributed by atoms with E-state index in [-0.39, 0.29) is 5.91 Å². The Morgan fingerprint density at radius 1 is 1.67 bits per heavy atom. The first kappa shape index (κ1) is 10.5. The van der Waals surface area contributed by atoms with E-state index >= 15 is 0 Å². The molecule has 4 nitrogen and oxygen atoms in total. The third-order valence-electron chi connectivity index (χ3n) is 2.48. The Bertz CT molecular complexity index is 396. The fraction of sp³-hybridized carbons (Fsp3) is 0.600. The molecular weight excluding hydrogens is 214 g/mol. The second-order valence-corrected chi connectivity index (χ2v) is 4.19. The number of hydrogen-bond donors (Lipinski definition) is 1. The lowest BCUT2D eigenvalue weighted by Gasteiger charge is -2.05. The van der Waals surface area contributed by atoms with E-state index in [9.17, 15) is 4.79 Å². The van der Waals surface area contributed by atoms with Gasteiger partial charge in [-0.3, -0.25) is 9.48 Å². The van der Waals surface area contributed by atoms with Crippen LogP contribution in [-0.2, 0) is 6.54 Å². The molecule has 15 heavy (non-hydrogen) atoms. The van der Waals surface area contributed by atoms with E-state index in [0.717, 1.165) is 12.8 Å². The summed E-state index contributed by atoms with van der Waals surface area (Å²) in [6, 6.07) is 0.342. The molecule has 1 aromatic heterocycles. The summed E-state index contributed by atoms with van der Waals surface area (Å²) in [5.74, 6) is -0.107. The molecule has 1 aliphatic carbocycles. The lowest BCUT2D eigenvalue weighted by atomic mass is 10.3. The summed E-state index contributed by atoms with van der Waals surface area (Å²) < 4.78 is 1.65. The normalized spacial score (nSPS) is 15.4. The van der Waals surface area contributed by atoms with E-state index in [1.165, 1.54) is 0 Å². The highest BCUT2D eigenvalue weighted by molar-refractivity contribution is 6.34. The maximum absolute atomic E-state index is 11.9. The largest absolute Gasteiger partial charge is 0.348 e. The summed E-state index contributed by atoms with van der Waals surface area (Å²) in [5.41, 5.74) is 1.20. The topological polar surface area (TPSA) is 46.9 Å². The smallest absolute Gasteiger partial charge is 0.271 e. The van der Waals surface area contributed by atoms with Gasteiger partial charge in [-0.25, -0.2) is 0 Å². The molecule has 5 heteroatoms. The Morgan fingerprint density at radius 2 is 2.33 bits per heavy atom. The van der Waals surface area contributed by atoms with E-state index in [0.29, 0.717) is 29.0 Å². The van der Waals surface area contributed by atoms with Crippen LogP contribution in [0.1, 0.15) is 35.9 Å². The summed E-state index contributed by atoms with van der Waals surface area (Å²) in [6.45, 7) is 4.40. The minimum atomic E-state index is -0.107. The van der Waals surface area contributed by atoms with Crippen LogP contribution in [0.25, 0.3) is 0 Å². The maximum atomic E-state index is 11.9. The zero-order chi connectivity index (χ0) is 11.0. The third-order valence-corrected chi connectivity index (χ3v) is 2.93. The van der Waals surface area contributed by atoms with Crippen LogP contribution in [0.5, 0.6) is 0 Å². The molecule has 0 atom stereocenters. The summed E-state index contributed by atoms with van der Waals surface area (Å²) in [6.07, 6.45) is 2.14. The molecule has 0 aliphatic heterocycles. The van der Waals surface area contributed by atoms with Gasteiger partial charge in [0.15, 0.2) is 0 Å². The number of nitrogens with zero attached hydrogens (tertiary/aromatic N) is 2. The minimum Gasteiger partial charge on any atom is -0.348 e. The average molecular weight is 228 g/mol. The quantitative estimate of drug-likeness (QED) is 0.856. The molecule has 1 heterocycles. The molecule has 1 N–H and O–H groups in total. The van der Waals surface area contributed by atoms with Gasteiger partial charge in [-0.15, -0.1) is 0 Å². The summed E-state index contributed by atoms with van der Waals surface area (Å²) >= 11 is 6.05. The lowest BCUT2D eigenvalue weighted by Crippen LogP contribution is -2.28. The monoisotopic (exact) mass is 227 g/mol. The zero-order valence-corrected chi connectivity index (χ0v) is 9.64. The minimum absolute atomic E-state index is 0.107. The third kappa shape index (κ3) is 2.00. The lowest BCUT2D eigenvalue weighted by molar-refractivity contribution is 0.0940. The van der Waals surface area contributed by atoms with Crippen molar-refractivity contribution in [2.24, 2.45) is 0 Å². The molecule has 1 aromatic rings. The molecule has 0 saturated heterocycles. The van der Waals surface area contributed by atoms with Crippen LogP contribution < -0.4 is 5.32 Å². The van der Waals surface area contributed by atoms with Crippen molar-refractivity contribution in [3.05, 3.63) is 16.4 Å². The number of carbonyl (C=O) groups is 1. The number of nitrogens with one attached hydrogen (secondary N) is 1. The second kappa shape index (κ2) is 3.85. The van der Waals surface area contributed by atoms with Gasteiger partial charge in [0.05, 0.1) is 10.7 Å². The molecule has 0 bridgehead atoms. The molecule has 1 fully saturated rings. The standard InChI is InChI=1S/C10H14ClN3O/c1-3-14-9(8(11)6(2)13-14)10(15)12-7-4-5-7/h7H,3-5H2,1-2H3,(H,12,15). The first-order valence-corrected chi connectivity index (χ1v) is 5.55. The van der Waals surface area contributed by atoms with Crippen molar-refractivity contribution in [1.29, 1.82) is 0 Å². The van der Waals surface area contributed by atoms with E-state index in [1.54, 1.807) is 4.68 Å². The molecule has 0 radical (unpaired) electrons. The van der Waals surface area contributed by atoms with Crippen LogP contribution in [0.3, 0.4) is 0 Å². The Kier molecular flexibility index (Phi) is 2.69. The van der Waals surface area contributed by atoms with Gasteiger partial charge in [0.25, 0.3) is 5.91 Å². The van der Waals surface area contributed by atoms with Crippen molar-refractivity contribution in [2.45, 2.75) is 39.3 Å². The van der Waals surface area contributed by atoms with Crippen LogP contribution in [0.4, 0.5) is 0 Å². The van der Waals surface area contributed by atoms with Gasteiger partial charge in [0.1, 0.15) is 5.69 Å². The van der Waals surface area contributed by atoms with Gasteiger partial charge in [0.2, 0.25) is 0 Å². The predicted molar refractivity (Wildman–Crippen MR) is 58.1 cm³/mol.